The Hall–Kier alpha value is -2.49. The lowest BCUT2D eigenvalue weighted by atomic mass is 9.99. The highest BCUT2D eigenvalue weighted by Crippen LogP contribution is 2.36. The molecule has 0 heterocycles. The molecule has 98 valence electrons. The first-order chi connectivity index (χ1) is 9.06. The average molecular weight is 257 g/mol. The molecule has 0 bridgehead atoms. The standard InChI is InChI=1S/C15H15NO3/c1-9-3-4-13(16)12(5-9)10-6-11(8-17)15(18)14(7-10)19-2/h3-8,18H,16H2,1-2H3. The van der Waals surface area contributed by atoms with Gasteiger partial charge in [-0.25, -0.2) is 0 Å². The molecule has 0 atom stereocenters. The lowest BCUT2D eigenvalue weighted by Crippen LogP contribution is -1.94. The molecule has 2 aromatic carbocycles. The second kappa shape index (κ2) is 5.02. The summed E-state index contributed by atoms with van der Waals surface area (Å²) in [6.45, 7) is 1.96. The summed E-state index contributed by atoms with van der Waals surface area (Å²) in [5, 5.41) is 9.80. The highest BCUT2D eigenvalue weighted by atomic mass is 16.5. The van der Waals surface area contributed by atoms with E-state index in [1.54, 1.807) is 12.1 Å². The van der Waals surface area contributed by atoms with Crippen LogP contribution in [-0.4, -0.2) is 18.5 Å². The maximum absolute atomic E-state index is 11.0. The number of benzene rings is 2. The molecule has 0 saturated heterocycles. The number of phenolic OH excluding ortho intramolecular Hbond substituents is 1. The number of hydrogen-bond acceptors (Lipinski definition) is 4. The van der Waals surface area contributed by atoms with Gasteiger partial charge >= 0.3 is 0 Å². The van der Waals surface area contributed by atoms with E-state index in [-0.39, 0.29) is 17.1 Å². The van der Waals surface area contributed by atoms with Crippen molar-refractivity contribution in [3.63, 3.8) is 0 Å². The zero-order chi connectivity index (χ0) is 14.0. The number of rotatable bonds is 3. The van der Waals surface area contributed by atoms with Crippen molar-refractivity contribution in [2.24, 2.45) is 0 Å². The normalized spacial score (nSPS) is 10.2. The van der Waals surface area contributed by atoms with Crippen LogP contribution in [0.3, 0.4) is 0 Å². The average Bonchev–Trinajstić information content (AvgIpc) is 2.42. The Labute approximate surface area is 111 Å². The maximum atomic E-state index is 11.0. The van der Waals surface area contributed by atoms with Crippen LogP contribution in [0.5, 0.6) is 11.5 Å². The zero-order valence-corrected chi connectivity index (χ0v) is 10.8. The van der Waals surface area contributed by atoms with E-state index < -0.39 is 0 Å². The highest BCUT2D eigenvalue weighted by Gasteiger charge is 2.12. The largest absolute Gasteiger partial charge is 0.504 e. The number of aldehydes is 1. The Morgan fingerprint density at radius 3 is 2.63 bits per heavy atom. The molecule has 0 aliphatic carbocycles. The van der Waals surface area contributed by atoms with Gasteiger partial charge in [-0.1, -0.05) is 11.6 Å². The van der Waals surface area contributed by atoms with Gasteiger partial charge in [0.25, 0.3) is 0 Å². The van der Waals surface area contributed by atoms with Crippen LogP contribution in [0.1, 0.15) is 15.9 Å². The van der Waals surface area contributed by atoms with Gasteiger partial charge in [0.1, 0.15) is 0 Å². The number of carbonyl (C=O) groups excluding carboxylic acids is 1. The molecule has 0 radical (unpaired) electrons. The molecule has 0 aromatic heterocycles. The Bertz CT molecular complexity index is 636. The van der Waals surface area contributed by atoms with E-state index in [2.05, 4.69) is 0 Å². The number of methoxy groups -OCH3 is 1. The van der Waals surface area contributed by atoms with Crippen molar-refractivity contribution in [3.05, 3.63) is 41.5 Å². The molecule has 0 aliphatic rings. The van der Waals surface area contributed by atoms with Crippen molar-refractivity contribution in [1.29, 1.82) is 0 Å². The third kappa shape index (κ3) is 2.38. The summed E-state index contributed by atoms with van der Waals surface area (Å²) in [5.74, 6) is 0.0907. The van der Waals surface area contributed by atoms with Gasteiger partial charge in [0.05, 0.1) is 12.7 Å². The van der Waals surface area contributed by atoms with Gasteiger partial charge in [0, 0.05) is 11.3 Å². The summed E-state index contributed by atoms with van der Waals surface area (Å²) in [7, 11) is 1.44. The van der Waals surface area contributed by atoms with Gasteiger partial charge in [-0.15, -0.1) is 0 Å². The van der Waals surface area contributed by atoms with Crippen LogP contribution in [0.25, 0.3) is 11.1 Å². The SMILES string of the molecule is COc1cc(-c2cc(C)ccc2N)cc(C=O)c1O. The first-order valence-electron chi connectivity index (χ1n) is 5.79. The number of carbonyl (C=O) groups is 1. The van der Waals surface area contributed by atoms with Crippen LogP contribution in [0, 0.1) is 6.92 Å². The lowest BCUT2D eigenvalue weighted by Gasteiger charge is -2.11. The van der Waals surface area contributed by atoms with Crippen LogP contribution in [0.15, 0.2) is 30.3 Å². The molecular formula is C15H15NO3. The summed E-state index contributed by atoms with van der Waals surface area (Å²) < 4.78 is 5.07. The zero-order valence-electron chi connectivity index (χ0n) is 10.8. The molecule has 2 aromatic rings. The molecule has 0 saturated carbocycles. The fourth-order valence-electron chi connectivity index (χ4n) is 1.95. The van der Waals surface area contributed by atoms with E-state index >= 15 is 0 Å². The molecule has 0 fully saturated rings. The van der Waals surface area contributed by atoms with Gasteiger partial charge in [-0.3, -0.25) is 4.79 Å². The summed E-state index contributed by atoms with van der Waals surface area (Å²) in [4.78, 5) is 11.0. The van der Waals surface area contributed by atoms with Crippen LogP contribution in [-0.2, 0) is 0 Å². The van der Waals surface area contributed by atoms with Crippen molar-refractivity contribution in [1.82, 2.24) is 0 Å². The predicted molar refractivity (Wildman–Crippen MR) is 74.6 cm³/mol. The summed E-state index contributed by atoms with van der Waals surface area (Å²) in [6, 6.07) is 8.90. The van der Waals surface area contributed by atoms with Gasteiger partial charge in [0.15, 0.2) is 17.8 Å². The van der Waals surface area contributed by atoms with Crippen molar-refractivity contribution in [3.8, 4) is 22.6 Å². The highest BCUT2D eigenvalue weighted by molar-refractivity contribution is 5.87. The van der Waals surface area contributed by atoms with Crippen LogP contribution >= 0.6 is 0 Å². The molecule has 0 aliphatic heterocycles. The first kappa shape index (κ1) is 13.0. The molecule has 19 heavy (non-hydrogen) atoms. The smallest absolute Gasteiger partial charge is 0.168 e. The second-order valence-electron chi connectivity index (χ2n) is 4.32. The summed E-state index contributed by atoms with van der Waals surface area (Å²) in [5.41, 5.74) is 9.33. The number of hydrogen-bond donors (Lipinski definition) is 2. The van der Waals surface area contributed by atoms with Crippen molar-refractivity contribution in [2.75, 3.05) is 12.8 Å². The number of aromatic hydroxyl groups is 1. The quantitative estimate of drug-likeness (QED) is 0.655. The van der Waals surface area contributed by atoms with E-state index in [1.165, 1.54) is 7.11 Å². The minimum absolute atomic E-state index is 0.160. The first-order valence-corrected chi connectivity index (χ1v) is 5.79. The number of aryl methyl sites for hydroxylation is 1. The molecule has 0 unspecified atom stereocenters. The summed E-state index contributed by atoms with van der Waals surface area (Å²) >= 11 is 0. The Morgan fingerprint density at radius 2 is 2.00 bits per heavy atom. The molecule has 2 rings (SSSR count). The number of ether oxygens (including phenoxy) is 1. The maximum Gasteiger partial charge on any atom is 0.168 e. The van der Waals surface area contributed by atoms with E-state index in [0.717, 1.165) is 16.7 Å². The molecule has 4 nitrogen and oxygen atoms in total. The van der Waals surface area contributed by atoms with E-state index in [4.69, 9.17) is 10.5 Å². The predicted octanol–water partition coefficient (Wildman–Crippen LogP) is 2.77. The second-order valence-corrected chi connectivity index (χ2v) is 4.32. The molecular weight excluding hydrogens is 242 g/mol. The Balaban J connectivity index is 2.68. The van der Waals surface area contributed by atoms with Gasteiger partial charge < -0.3 is 15.6 Å². The van der Waals surface area contributed by atoms with Crippen LogP contribution in [0.2, 0.25) is 0 Å². The lowest BCUT2D eigenvalue weighted by molar-refractivity contribution is 0.112. The number of phenols is 1. The van der Waals surface area contributed by atoms with E-state index in [0.29, 0.717) is 12.0 Å². The van der Waals surface area contributed by atoms with Crippen LogP contribution < -0.4 is 10.5 Å². The number of nitrogen functional groups attached to an aromatic ring is 1. The monoisotopic (exact) mass is 257 g/mol. The number of anilines is 1. The fourth-order valence-corrected chi connectivity index (χ4v) is 1.95. The molecule has 4 heteroatoms. The van der Waals surface area contributed by atoms with Crippen molar-refractivity contribution >= 4 is 12.0 Å². The minimum atomic E-state index is -0.160. The van der Waals surface area contributed by atoms with Gasteiger partial charge in [0.2, 0.25) is 0 Å². The fraction of sp³-hybridized carbons (Fsp3) is 0.133. The third-order valence-corrected chi connectivity index (χ3v) is 2.97. The van der Waals surface area contributed by atoms with Crippen LogP contribution in [0.4, 0.5) is 5.69 Å². The van der Waals surface area contributed by atoms with E-state index in [9.17, 15) is 9.90 Å². The van der Waals surface area contributed by atoms with Gasteiger partial charge in [-0.2, -0.15) is 0 Å². The number of nitrogens with two attached hydrogens (primary N) is 1. The topological polar surface area (TPSA) is 72.5 Å². The third-order valence-electron chi connectivity index (χ3n) is 2.97. The Kier molecular flexibility index (Phi) is 3.42. The summed E-state index contributed by atoms with van der Waals surface area (Å²) in [6.07, 6.45) is 0.591. The molecule has 0 amide bonds. The Morgan fingerprint density at radius 1 is 1.26 bits per heavy atom. The minimum Gasteiger partial charge on any atom is -0.504 e. The van der Waals surface area contributed by atoms with E-state index in [1.807, 2.05) is 25.1 Å². The van der Waals surface area contributed by atoms with Crippen molar-refractivity contribution < 1.29 is 14.6 Å². The van der Waals surface area contributed by atoms with Gasteiger partial charge in [-0.05, 0) is 36.8 Å². The molecule has 3 N–H and O–H groups in total. The van der Waals surface area contributed by atoms with Crippen molar-refractivity contribution in [2.45, 2.75) is 6.92 Å². The molecule has 0 spiro atoms.